The normalized spacial score (nSPS) is 17.5. The van der Waals surface area contributed by atoms with Crippen LogP contribution in [0.1, 0.15) is 23.6 Å². The summed E-state index contributed by atoms with van der Waals surface area (Å²) in [4.78, 5) is 12.3. The second-order valence-corrected chi connectivity index (χ2v) is 5.46. The molecule has 0 amide bonds. The van der Waals surface area contributed by atoms with E-state index < -0.39 is 5.97 Å². The summed E-state index contributed by atoms with van der Waals surface area (Å²) in [5.41, 5.74) is 0. The van der Waals surface area contributed by atoms with Crippen LogP contribution < -0.4 is 0 Å². The van der Waals surface area contributed by atoms with Crippen LogP contribution in [0.3, 0.4) is 0 Å². The fourth-order valence-corrected chi connectivity index (χ4v) is 3.39. The first-order valence-electron chi connectivity index (χ1n) is 5.47. The van der Waals surface area contributed by atoms with Gasteiger partial charge < -0.3 is 5.11 Å². The maximum Gasteiger partial charge on any atom is 0.312 e. The summed E-state index contributed by atoms with van der Waals surface area (Å²) in [5, 5.41) is 10.4. The molecule has 1 heterocycles. The van der Waals surface area contributed by atoms with Crippen LogP contribution in [0.5, 0.6) is 0 Å². The summed E-state index contributed by atoms with van der Waals surface area (Å²) < 4.78 is 1.18. The van der Waals surface area contributed by atoms with Crippen LogP contribution in [0.15, 0.2) is 30.3 Å². The maximum absolute atomic E-state index is 11.3. The fourth-order valence-electron chi connectivity index (χ4n) is 2.14. The van der Waals surface area contributed by atoms with Gasteiger partial charge in [-0.1, -0.05) is 18.2 Å². The number of rotatable bonds is 3. The molecule has 1 unspecified atom stereocenters. The van der Waals surface area contributed by atoms with E-state index >= 15 is 0 Å². The van der Waals surface area contributed by atoms with E-state index in [1.807, 2.05) is 24.3 Å². The minimum absolute atomic E-state index is 0.280. The zero-order chi connectivity index (χ0) is 11.1. The van der Waals surface area contributed by atoms with Crippen molar-refractivity contribution in [3.05, 3.63) is 35.2 Å². The molecule has 0 bridgehead atoms. The molecule has 3 rings (SSSR count). The summed E-state index contributed by atoms with van der Waals surface area (Å²) in [6.45, 7) is 0. The zero-order valence-corrected chi connectivity index (χ0v) is 9.54. The number of hydrogen-bond acceptors (Lipinski definition) is 2. The molecule has 0 saturated heterocycles. The smallest absolute Gasteiger partial charge is 0.312 e. The first-order chi connectivity index (χ1) is 7.75. The molecule has 1 N–H and O–H groups in total. The van der Waals surface area contributed by atoms with Crippen molar-refractivity contribution in [2.75, 3.05) is 0 Å². The third kappa shape index (κ3) is 1.61. The molecule has 82 valence electrons. The Balaban J connectivity index is 2.06. The third-order valence-electron chi connectivity index (χ3n) is 3.11. The molecule has 0 radical (unpaired) electrons. The lowest BCUT2D eigenvalue weighted by Crippen LogP contribution is -2.11. The number of fused-ring (bicyclic) bond motifs is 1. The standard InChI is InChI=1S/C13H12O2S/c14-13(15)12(8-5-6-8)11-7-9-3-1-2-4-10(9)16-11/h1-4,7-8,12H,5-6H2,(H,14,15). The average molecular weight is 232 g/mol. The van der Waals surface area contributed by atoms with Gasteiger partial charge in [0.15, 0.2) is 0 Å². The Hall–Kier alpha value is -1.35. The highest BCUT2D eigenvalue weighted by Gasteiger charge is 2.38. The van der Waals surface area contributed by atoms with Gasteiger partial charge in [-0.05, 0) is 36.3 Å². The van der Waals surface area contributed by atoms with Gasteiger partial charge in [-0.2, -0.15) is 0 Å². The monoisotopic (exact) mass is 232 g/mol. The van der Waals surface area contributed by atoms with Gasteiger partial charge >= 0.3 is 5.97 Å². The summed E-state index contributed by atoms with van der Waals surface area (Å²) in [6, 6.07) is 10.1. The van der Waals surface area contributed by atoms with Gasteiger partial charge in [0.25, 0.3) is 0 Å². The molecule has 16 heavy (non-hydrogen) atoms. The lowest BCUT2D eigenvalue weighted by molar-refractivity contribution is -0.139. The number of carboxylic acids is 1. The first-order valence-corrected chi connectivity index (χ1v) is 6.28. The summed E-state index contributed by atoms with van der Waals surface area (Å²) in [5.74, 6) is -0.586. The van der Waals surface area contributed by atoms with Crippen molar-refractivity contribution in [1.29, 1.82) is 0 Å². The molecule has 3 heteroatoms. The molecule has 1 atom stereocenters. The predicted octanol–water partition coefficient (Wildman–Crippen LogP) is 3.48. The van der Waals surface area contributed by atoms with Crippen LogP contribution in [0.4, 0.5) is 0 Å². The zero-order valence-electron chi connectivity index (χ0n) is 8.72. The molecule has 1 fully saturated rings. The Labute approximate surface area is 97.5 Å². The highest BCUT2D eigenvalue weighted by Crippen LogP contribution is 2.45. The minimum Gasteiger partial charge on any atom is -0.481 e. The maximum atomic E-state index is 11.3. The van der Waals surface area contributed by atoms with Crippen LogP contribution in [0, 0.1) is 5.92 Å². The van der Waals surface area contributed by atoms with Crippen LogP contribution in [-0.2, 0) is 4.79 Å². The van der Waals surface area contributed by atoms with Gasteiger partial charge in [-0.3, -0.25) is 4.79 Å². The summed E-state index contributed by atoms with van der Waals surface area (Å²) in [7, 11) is 0. The van der Waals surface area contributed by atoms with E-state index in [4.69, 9.17) is 0 Å². The quantitative estimate of drug-likeness (QED) is 0.879. The van der Waals surface area contributed by atoms with Crippen molar-refractivity contribution in [3.8, 4) is 0 Å². The van der Waals surface area contributed by atoms with Crippen molar-refractivity contribution < 1.29 is 9.90 Å². The van der Waals surface area contributed by atoms with Gasteiger partial charge in [0.05, 0.1) is 5.92 Å². The minimum atomic E-state index is -0.672. The molecule has 1 aliphatic rings. The number of carboxylic acid groups (broad SMARTS) is 1. The molecule has 1 aromatic carbocycles. The Morgan fingerprint density at radius 1 is 1.38 bits per heavy atom. The van der Waals surface area contributed by atoms with Crippen molar-refractivity contribution in [2.45, 2.75) is 18.8 Å². The van der Waals surface area contributed by atoms with Crippen LogP contribution in [0.2, 0.25) is 0 Å². The lowest BCUT2D eigenvalue weighted by Gasteiger charge is -2.07. The van der Waals surface area contributed by atoms with Gasteiger partial charge in [0.2, 0.25) is 0 Å². The molecule has 0 spiro atoms. The number of carbonyl (C=O) groups is 1. The van der Waals surface area contributed by atoms with Crippen molar-refractivity contribution in [1.82, 2.24) is 0 Å². The average Bonchev–Trinajstić information content (AvgIpc) is 2.97. The molecular formula is C13H12O2S. The molecule has 1 aliphatic carbocycles. The fraction of sp³-hybridized carbons (Fsp3) is 0.308. The second-order valence-electron chi connectivity index (χ2n) is 4.34. The molecule has 1 saturated carbocycles. The predicted molar refractivity (Wildman–Crippen MR) is 64.9 cm³/mol. The van der Waals surface area contributed by atoms with Crippen molar-refractivity contribution in [2.24, 2.45) is 5.92 Å². The lowest BCUT2D eigenvalue weighted by atomic mass is 10.0. The molecule has 2 nitrogen and oxygen atoms in total. The van der Waals surface area contributed by atoms with E-state index in [0.29, 0.717) is 5.92 Å². The van der Waals surface area contributed by atoms with Gasteiger partial charge in [0.1, 0.15) is 0 Å². The molecule has 0 aliphatic heterocycles. The highest BCUT2D eigenvalue weighted by molar-refractivity contribution is 7.19. The Morgan fingerprint density at radius 2 is 2.12 bits per heavy atom. The number of benzene rings is 1. The van der Waals surface area contributed by atoms with E-state index in [9.17, 15) is 9.90 Å². The van der Waals surface area contributed by atoms with Gasteiger partial charge in [-0.25, -0.2) is 0 Å². The van der Waals surface area contributed by atoms with Crippen LogP contribution in [-0.4, -0.2) is 11.1 Å². The number of thiophene rings is 1. The van der Waals surface area contributed by atoms with Gasteiger partial charge in [-0.15, -0.1) is 11.3 Å². The molecule has 2 aromatic rings. The summed E-state index contributed by atoms with van der Waals surface area (Å²) >= 11 is 1.62. The van der Waals surface area contributed by atoms with Gasteiger partial charge in [0, 0.05) is 9.58 Å². The largest absolute Gasteiger partial charge is 0.481 e. The Kier molecular flexibility index (Phi) is 2.21. The van der Waals surface area contributed by atoms with E-state index in [0.717, 1.165) is 23.1 Å². The third-order valence-corrected chi connectivity index (χ3v) is 4.31. The van der Waals surface area contributed by atoms with E-state index in [-0.39, 0.29) is 5.92 Å². The Bertz CT molecular complexity index is 507. The SMILES string of the molecule is O=C(O)C(c1cc2ccccc2s1)C1CC1. The van der Waals surface area contributed by atoms with Crippen LogP contribution in [0.25, 0.3) is 10.1 Å². The Morgan fingerprint density at radius 3 is 2.75 bits per heavy atom. The molecular weight excluding hydrogens is 220 g/mol. The first kappa shape index (κ1) is 9.85. The summed E-state index contributed by atoms with van der Waals surface area (Å²) in [6.07, 6.45) is 2.12. The highest BCUT2D eigenvalue weighted by atomic mass is 32.1. The second kappa shape index (κ2) is 3.59. The number of aliphatic carboxylic acids is 1. The van der Waals surface area contributed by atoms with E-state index in [1.165, 1.54) is 4.70 Å². The van der Waals surface area contributed by atoms with Crippen molar-refractivity contribution >= 4 is 27.4 Å². The molecule has 1 aromatic heterocycles. The van der Waals surface area contributed by atoms with Crippen molar-refractivity contribution in [3.63, 3.8) is 0 Å². The van der Waals surface area contributed by atoms with E-state index in [1.54, 1.807) is 11.3 Å². The number of hydrogen-bond donors (Lipinski definition) is 1. The topological polar surface area (TPSA) is 37.3 Å². The van der Waals surface area contributed by atoms with Crippen LogP contribution >= 0.6 is 11.3 Å². The van der Waals surface area contributed by atoms with E-state index in [2.05, 4.69) is 6.07 Å².